The largest absolute Gasteiger partial charge is 0.458 e. The fourth-order valence-electron chi connectivity index (χ4n) is 3.41. The van der Waals surface area contributed by atoms with Crippen molar-refractivity contribution >= 4 is 46.9 Å². The van der Waals surface area contributed by atoms with Crippen LogP contribution in [0, 0.1) is 0 Å². The monoisotopic (exact) mass is 486 g/mol. The van der Waals surface area contributed by atoms with Gasteiger partial charge in [0.05, 0.1) is 5.57 Å². The van der Waals surface area contributed by atoms with Gasteiger partial charge in [0.15, 0.2) is 0 Å². The zero-order valence-corrected chi connectivity index (χ0v) is 19.5. The number of halogens is 2. The lowest BCUT2D eigenvalue weighted by molar-refractivity contribution is -0.138. The van der Waals surface area contributed by atoms with E-state index in [2.05, 4.69) is 22.0 Å². The highest BCUT2D eigenvalue weighted by Crippen LogP contribution is 2.37. The Morgan fingerprint density at radius 3 is 2.84 bits per heavy atom. The fraction of sp³-hybridized carbons (Fsp3) is 0.174. The molecule has 6 nitrogen and oxygen atoms in total. The zero-order valence-electron chi connectivity index (χ0n) is 17.2. The number of thioether (sulfide) groups is 1. The van der Waals surface area contributed by atoms with Crippen molar-refractivity contribution in [3.8, 4) is 0 Å². The molecule has 0 spiro atoms. The van der Waals surface area contributed by atoms with E-state index < -0.39 is 12.0 Å². The second-order valence-electron chi connectivity index (χ2n) is 7.05. The first-order valence-electron chi connectivity index (χ1n) is 9.82. The standard InChI is InChI=1S/C23H20Cl2N4O2S/c1-3-11-31-21(30)19-14(2)26-22-27-23(32-13-16-7-4-5-10-18(16)25)28-29(22)20(19)15-8-6-9-17(24)12-15/h3-10,12,20H,1,11,13H2,2H3,(H,26,27,28). The summed E-state index contributed by atoms with van der Waals surface area (Å²) in [5.74, 6) is 0.701. The molecule has 0 bridgehead atoms. The van der Waals surface area contributed by atoms with Gasteiger partial charge in [-0.25, -0.2) is 9.48 Å². The smallest absolute Gasteiger partial charge is 0.338 e. The first-order chi connectivity index (χ1) is 15.5. The van der Waals surface area contributed by atoms with Crippen LogP contribution in [0.3, 0.4) is 0 Å². The molecule has 4 rings (SSSR count). The number of hydrogen-bond acceptors (Lipinski definition) is 6. The number of carbonyl (C=O) groups excluding carboxylic acids is 1. The minimum absolute atomic E-state index is 0.112. The van der Waals surface area contributed by atoms with Gasteiger partial charge < -0.3 is 10.1 Å². The highest BCUT2D eigenvalue weighted by Gasteiger charge is 2.35. The van der Waals surface area contributed by atoms with Gasteiger partial charge in [-0.2, -0.15) is 4.98 Å². The van der Waals surface area contributed by atoms with E-state index >= 15 is 0 Å². The third kappa shape index (κ3) is 4.70. The summed E-state index contributed by atoms with van der Waals surface area (Å²) in [6.07, 6.45) is 1.53. The summed E-state index contributed by atoms with van der Waals surface area (Å²) in [6.45, 7) is 5.54. The zero-order chi connectivity index (χ0) is 22.7. The molecule has 2 heterocycles. The highest BCUT2D eigenvalue weighted by molar-refractivity contribution is 7.98. The van der Waals surface area contributed by atoms with Gasteiger partial charge in [0.1, 0.15) is 12.6 Å². The Morgan fingerprint density at radius 2 is 2.09 bits per heavy atom. The lowest BCUT2D eigenvalue weighted by Gasteiger charge is -2.28. The van der Waals surface area contributed by atoms with Gasteiger partial charge in [-0.3, -0.25) is 0 Å². The Balaban J connectivity index is 1.70. The van der Waals surface area contributed by atoms with E-state index in [1.807, 2.05) is 49.4 Å². The molecule has 1 aromatic heterocycles. The summed E-state index contributed by atoms with van der Waals surface area (Å²) in [7, 11) is 0. The predicted molar refractivity (Wildman–Crippen MR) is 128 cm³/mol. The molecule has 1 unspecified atom stereocenters. The SMILES string of the molecule is C=CCOC(=O)C1=C(C)Nc2nc(SCc3ccccc3Cl)nn2C1c1cccc(Cl)c1. The van der Waals surface area contributed by atoms with Gasteiger partial charge in [-0.15, -0.1) is 5.10 Å². The van der Waals surface area contributed by atoms with E-state index in [9.17, 15) is 4.79 Å². The molecule has 0 radical (unpaired) electrons. The first kappa shape index (κ1) is 22.5. The van der Waals surface area contributed by atoms with Crippen LogP contribution in [-0.2, 0) is 15.3 Å². The minimum Gasteiger partial charge on any atom is -0.458 e. The van der Waals surface area contributed by atoms with Crippen LogP contribution in [0.25, 0.3) is 0 Å². The molecular weight excluding hydrogens is 467 g/mol. The van der Waals surface area contributed by atoms with Crippen molar-refractivity contribution in [1.29, 1.82) is 0 Å². The molecule has 0 saturated heterocycles. The van der Waals surface area contributed by atoms with Crippen LogP contribution < -0.4 is 5.32 Å². The number of nitrogens with zero attached hydrogens (tertiary/aromatic N) is 3. The Bertz CT molecular complexity index is 1210. The van der Waals surface area contributed by atoms with Crippen molar-refractivity contribution in [2.24, 2.45) is 0 Å². The molecule has 1 atom stereocenters. The predicted octanol–water partition coefficient (Wildman–Crippen LogP) is 5.90. The average Bonchev–Trinajstić information content (AvgIpc) is 3.18. The van der Waals surface area contributed by atoms with Crippen molar-refractivity contribution in [2.45, 2.75) is 23.9 Å². The highest BCUT2D eigenvalue weighted by atomic mass is 35.5. The van der Waals surface area contributed by atoms with Crippen LogP contribution >= 0.6 is 35.0 Å². The normalized spacial score (nSPS) is 15.2. The van der Waals surface area contributed by atoms with Crippen molar-refractivity contribution in [1.82, 2.24) is 14.8 Å². The van der Waals surface area contributed by atoms with Gasteiger partial charge >= 0.3 is 5.97 Å². The van der Waals surface area contributed by atoms with Crippen LogP contribution in [0.2, 0.25) is 10.0 Å². The number of ether oxygens (including phenoxy) is 1. The average molecular weight is 487 g/mol. The molecule has 1 N–H and O–H groups in total. The van der Waals surface area contributed by atoms with E-state index in [4.69, 9.17) is 27.9 Å². The number of benzene rings is 2. The lowest BCUT2D eigenvalue weighted by Crippen LogP contribution is -2.29. The number of fused-ring (bicyclic) bond motifs is 1. The summed E-state index contributed by atoms with van der Waals surface area (Å²) in [6, 6.07) is 14.5. The van der Waals surface area contributed by atoms with Crippen molar-refractivity contribution in [2.75, 3.05) is 11.9 Å². The Labute approximate surface area is 200 Å². The van der Waals surface area contributed by atoms with Crippen molar-refractivity contribution in [3.05, 3.63) is 93.6 Å². The molecule has 32 heavy (non-hydrogen) atoms. The summed E-state index contributed by atoms with van der Waals surface area (Å²) < 4.78 is 7.05. The maximum absolute atomic E-state index is 12.9. The molecule has 0 amide bonds. The quantitative estimate of drug-likeness (QED) is 0.255. The maximum atomic E-state index is 12.9. The molecule has 0 fully saturated rings. The van der Waals surface area contributed by atoms with E-state index in [1.54, 1.807) is 10.7 Å². The molecule has 164 valence electrons. The van der Waals surface area contributed by atoms with E-state index in [0.717, 1.165) is 11.1 Å². The number of esters is 1. The molecule has 1 aliphatic heterocycles. The maximum Gasteiger partial charge on any atom is 0.338 e. The van der Waals surface area contributed by atoms with E-state index in [1.165, 1.54) is 17.8 Å². The molecule has 0 aliphatic carbocycles. The Hall–Kier alpha value is -2.74. The van der Waals surface area contributed by atoms with Crippen molar-refractivity contribution in [3.63, 3.8) is 0 Å². The number of nitrogens with one attached hydrogen (secondary N) is 1. The molecule has 0 saturated carbocycles. The van der Waals surface area contributed by atoms with Crippen LogP contribution in [0.4, 0.5) is 5.95 Å². The van der Waals surface area contributed by atoms with Gasteiger partial charge in [-0.05, 0) is 36.2 Å². The van der Waals surface area contributed by atoms with Crippen LogP contribution in [0.5, 0.6) is 0 Å². The van der Waals surface area contributed by atoms with Gasteiger partial charge in [0, 0.05) is 21.5 Å². The molecule has 3 aromatic rings. The molecule has 9 heteroatoms. The third-order valence-electron chi connectivity index (χ3n) is 4.86. The number of anilines is 1. The second kappa shape index (κ2) is 9.81. The number of allylic oxidation sites excluding steroid dienone is 1. The Morgan fingerprint density at radius 1 is 1.28 bits per heavy atom. The van der Waals surface area contributed by atoms with E-state index in [-0.39, 0.29) is 6.61 Å². The first-order valence-corrected chi connectivity index (χ1v) is 11.6. The van der Waals surface area contributed by atoms with Crippen LogP contribution in [-0.4, -0.2) is 27.3 Å². The minimum atomic E-state index is -0.538. The number of aromatic nitrogens is 3. The number of rotatable bonds is 7. The summed E-state index contributed by atoms with van der Waals surface area (Å²) in [5, 5.41) is 9.69. The van der Waals surface area contributed by atoms with Crippen molar-refractivity contribution < 1.29 is 9.53 Å². The topological polar surface area (TPSA) is 69.0 Å². The molecule has 1 aliphatic rings. The van der Waals surface area contributed by atoms with Gasteiger partial charge in [0.25, 0.3) is 0 Å². The number of carbonyl (C=O) groups is 1. The second-order valence-corrected chi connectivity index (χ2v) is 8.84. The van der Waals surface area contributed by atoms with Crippen LogP contribution in [0.15, 0.2) is 77.6 Å². The summed E-state index contributed by atoms with van der Waals surface area (Å²) in [4.78, 5) is 17.5. The fourth-order valence-corrected chi connectivity index (χ4v) is 4.73. The Kier molecular flexibility index (Phi) is 6.89. The summed E-state index contributed by atoms with van der Waals surface area (Å²) in [5.41, 5.74) is 2.88. The third-order valence-corrected chi connectivity index (χ3v) is 6.35. The number of hydrogen-bond donors (Lipinski definition) is 1. The van der Waals surface area contributed by atoms with Crippen LogP contribution in [0.1, 0.15) is 24.1 Å². The van der Waals surface area contributed by atoms with Gasteiger partial charge in [-0.1, -0.05) is 78.0 Å². The summed E-state index contributed by atoms with van der Waals surface area (Å²) >= 11 is 14.0. The van der Waals surface area contributed by atoms with E-state index in [0.29, 0.717) is 38.2 Å². The lowest BCUT2D eigenvalue weighted by atomic mass is 9.96. The molecule has 2 aromatic carbocycles. The molecular formula is C23H20Cl2N4O2S. The van der Waals surface area contributed by atoms with Gasteiger partial charge in [0.2, 0.25) is 11.1 Å².